The van der Waals surface area contributed by atoms with Crippen LogP contribution in [0, 0.1) is 24.7 Å². The molecule has 0 aliphatic rings. The number of hydrogen-bond donors (Lipinski definition) is 0. The van der Waals surface area contributed by atoms with Gasteiger partial charge in [0, 0.05) is 12.3 Å². The van der Waals surface area contributed by atoms with E-state index in [9.17, 15) is 4.39 Å². The molecule has 22 heavy (non-hydrogen) atoms. The number of ether oxygens (including phenoxy) is 1. The van der Waals surface area contributed by atoms with Crippen LogP contribution in [-0.2, 0) is 0 Å². The lowest BCUT2D eigenvalue weighted by Gasteiger charge is -2.16. The number of aromatic nitrogens is 1. The lowest BCUT2D eigenvalue weighted by molar-refractivity contribution is 0.238. The molecule has 1 aromatic carbocycles. The van der Waals surface area contributed by atoms with Gasteiger partial charge in [-0.05, 0) is 60.1 Å². The van der Waals surface area contributed by atoms with Gasteiger partial charge in [-0.1, -0.05) is 26.8 Å². The Labute approximate surface area is 132 Å². The number of aryl methyl sites for hydroxylation is 1. The zero-order chi connectivity index (χ0) is 16.1. The van der Waals surface area contributed by atoms with E-state index in [0.717, 1.165) is 35.5 Å². The first-order valence-electron chi connectivity index (χ1n) is 7.81. The second kappa shape index (κ2) is 7.39. The van der Waals surface area contributed by atoms with Crippen LogP contribution in [0.5, 0.6) is 5.75 Å². The van der Waals surface area contributed by atoms with Gasteiger partial charge in [0.15, 0.2) is 0 Å². The summed E-state index contributed by atoms with van der Waals surface area (Å²) in [5.74, 6) is 1.66. The third-order valence-corrected chi connectivity index (χ3v) is 3.63. The summed E-state index contributed by atoms with van der Waals surface area (Å²) in [6, 6.07) is 9.20. The summed E-state index contributed by atoms with van der Waals surface area (Å²) in [6.07, 6.45) is 2.64. The lowest BCUT2D eigenvalue weighted by atomic mass is 10.00. The van der Waals surface area contributed by atoms with Crippen LogP contribution in [0.25, 0.3) is 11.1 Å². The predicted molar refractivity (Wildman–Crippen MR) is 88.5 cm³/mol. The molecule has 0 bridgehead atoms. The van der Waals surface area contributed by atoms with Gasteiger partial charge < -0.3 is 4.74 Å². The molecule has 0 N–H and O–H groups in total. The van der Waals surface area contributed by atoms with Crippen LogP contribution in [-0.4, -0.2) is 11.6 Å². The van der Waals surface area contributed by atoms with Crippen molar-refractivity contribution in [1.82, 2.24) is 4.98 Å². The van der Waals surface area contributed by atoms with Crippen molar-refractivity contribution >= 4 is 0 Å². The molecule has 0 aliphatic carbocycles. The lowest BCUT2D eigenvalue weighted by Crippen LogP contribution is -2.11. The van der Waals surface area contributed by atoms with E-state index >= 15 is 0 Å². The SMILES string of the molecule is Cc1cc(-c2ccnc(F)c2)ccc1OC[C@@H](C)CC(C)C. The fourth-order valence-electron chi connectivity index (χ4n) is 2.68. The van der Waals surface area contributed by atoms with Crippen LogP contribution < -0.4 is 4.74 Å². The largest absolute Gasteiger partial charge is 0.493 e. The number of benzene rings is 1. The van der Waals surface area contributed by atoms with Gasteiger partial charge in [-0.15, -0.1) is 0 Å². The van der Waals surface area contributed by atoms with E-state index in [2.05, 4.69) is 25.8 Å². The highest BCUT2D eigenvalue weighted by molar-refractivity contribution is 5.65. The molecule has 1 aromatic heterocycles. The van der Waals surface area contributed by atoms with E-state index < -0.39 is 5.95 Å². The maximum Gasteiger partial charge on any atom is 0.213 e. The van der Waals surface area contributed by atoms with Gasteiger partial charge in [-0.3, -0.25) is 0 Å². The topological polar surface area (TPSA) is 22.1 Å². The summed E-state index contributed by atoms with van der Waals surface area (Å²) < 4.78 is 19.1. The number of hydrogen-bond acceptors (Lipinski definition) is 2. The molecule has 0 unspecified atom stereocenters. The Balaban J connectivity index is 2.07. The number of nitrogens with zero attached hydrogens (tertiary/aromatic N) is 1. The van der Waals surface area contributed by atoms with Crippen LogP contribution in [0.4, 0.5) is 4.39 Å². The standard InChI is InChI=1S/C19H24FNO/c1-13(2)9-14(3)12-22-18-6-5-16(10-15(18)4)17-7-8-21-19(20)11-17/h5-8,10-11,13-14H,9,12H2,1-4H3/t14-/m0/s1. The molecule has 1 atom stereocenters. The molecule has 2 nitrogen and oxygen atoms in total. The second-order valence-electron chi connectivity index (χ2n) is 6.39. The number of halogens is 1. The van der Waals surface area contributed by atoms with Crippen LogP contribution in [0.2, 0.25) is 0 Å². The van der Waals surface area contributed by atoms with Crippen LogP contribution in [0.15, 0.2) is 36.5 Å². The van der Waals surface area contributed by atoms with Crippen LogP contribution >= 0.6 is 0 Å². The van der Waals surface area contributed by atoms with Gasteiger partial charge in [-0.25, -0.2) is 4.98 Å². The summed E-state index contributed by atoms with van der Waals surface area (Å²) in [6.45, 7) is 9.41. The van der Waals surface area contributed by atoms with Gasteiger partial charge in [0.2, 0.25) is 5.95 Å². The molecule has 2 rings (SSSR count). The van der Waals surface area contributed by atoms with E-state index in [1.165, 1.54) is 12.3 Å². The van der Waals surface area contributed by atoms with Gasteiger partial charge in [0.05, 0.1) is 6.61 Å². The van der Waals surface area contributed by atoms with Gasteiger partial charge in [0.1, 0.15) is 5.75 Å². The quantitative estimate of drug-likeness (QED) is 0.679. The van der Waals surface area contributed by atoms with Gasteiger partial charge >= 0.3 is 0 Å². The van der Waals surface area contributed by atoms with Crippen molar-refractivity contribution < 1.29 is 9.13 Å². The van der Waals surface area contributed by atoms with Crippen LogP contribution in [0.1, 0.15) is 32.8 Å². The third-order valence-electron chi connectivity index (χ3n) is 3.63. The van der Waals surface area contributed by atoms with Crippen molar-refractivity contribution in [3.63, 3.8) is 0 Å². The Kier molecular flexibility index (Phi) is 5.53. The summed E-state index contributed by atoms with van der Waals surface area (Å²) >= 11 is 0. The molecule has 0 amide bonds. The molecule has 0 spiro atoms. The Morgan fingerprint density at radius 2 is 1.82 bits per heavy atom. The number of rotatable bonds is 6. The maximum absolute atomic E-state index is 13.2. The zero-order valence-corrected chi connectivity index (χ0v) is 13.8. The molecular formula is C19H24FNO. The third kappa shape index (κ3) is 4.55. The Bertz CT molecular complexity index is 625. The fraction of sp³-hybridized carbons (Fsp3) is 0.421. The molecule has 3 heteroatoms. The summed E-state index contributed by atoms with van der Waals surface area (Å²) in [5, 5.41) is 0. The minimum atomic E-state index is -0.460. The summed E-state index contributed by atoms with van der Waals surface area (Å²) in [5.41, 5.74) is 2.86. The van der Waals surface area contributed by atoms with Crippen LogP contribution in [0.3, 0.4) is 0 Å². The Hall–Kier alpha value is -1.90. The zero-order valence-electron chi connectivity index (χ0n) is 13.8. The van der Waals surface area contributed by atoms with Crippen molar-refractivity contribution in [2.75, 3.05) is 6.61 Å². The highest BCUT2D eigenvalue weighted by Gasteiger charge is 2.08. The van der Waals surface area contributed by atoms with E-state index in [0.29, 0.717) is 11.8 Å². The van der Waals surface area contributed by atoms with Crippen molar-refractivity contribution in [3.05, 3.63) is 48.0 Å². The smallest absolute Gasteiger partial charge is 0.213 e. The maximum atomic E-state index is 13.2. The van der Waals surface area contributed by atoms with E-state index in [4.69, 9.17) is 4.74 Å². The van der Waals surface area contributed by atoms with Gasteiger partial charge in [-0.2, -0.15) is 4.39 Å². The first-order chi connectivity index (χ1) is 10.5. The van der Waals surface area contributed by atoms with Gasteiger partial charge in [0.25, 0.3) is 0 Å². The molecule has 1 heterocycles. The fourth-order valence-corrected chi connectivity index (χ4v) is 2.68. The second-order valence-corrected chi connectivity index (χ2v) is 6.39. The van der Waals surface area contributed by atoms with Crippen molar-refractivity contribution in [1.29, 1.82) is 0 Å². The highest BCUT2D eigenvalue weighted by atomic mass is 19.1. The molecular weight excluding hydrogens is 277 g/mol. The molecule has 0 saturated heterocycles. The number of pyridine rings is 1. The predicted octanol–water partition coefficient (Wildman–Crippen LogP) is 5.26. The Morgan fingerprint density at radius 3 is 2.45 bits per heavy atom. The van der Waals surface area contributed by atoms with E-state index in [1.54, 1.807) is 0 Å². The first kappa shape index (κ1) is 16.5. The normalized spacial score (nSPS) is 12.5. The molecule has 0 fully saturated rings. The molecule has 2 aromatic rings. The minimum absolute atomic E-state index is 0.460. The van der Waals surface area contributed by atoms with E-state index in [-0.39, 0.29) is 0 Å². The Morgan fingerprint density at radius 1 is 1.09 bits per heavy atom. The summed E-state index contributed by atoms with van der Waals surface area (Å²) in [4.78, 5) is 3.59. The van der Waals surface area contributed by atoms with Crippen molar-refractivity contribution in [3.8, 4) is 16.9 Å². The molecule has 118 valence electrons. The molecule has 0 saturated carbocycles. The minimum Gasteiger partial charge on any atom is -0.493 e. The average molecular weight is 301 g/mol. The van der Waals surface area contributed by atoms with Crippen molar-refractivity contribution in [2.24, 2.45) is 11.8 Å². The highest BCUT2D eigenvalue weighted by Crippen LogP contribution is 2.27. The molecule has 0 radical (unpaired) electrons. The summed E-state index contributed by atoms with van der Waals surface area (Å²) in [7, 11) is 0. The van der Waals surface area contributed by atoms with Crippen molar-refractivity contribution in [2.45, 2.75) is 34.1 Å². The first-order valence-corrected chi connectivity index (χ1v) is 7.81. The molecule has 0 aliphatic heterocycles. The average Bonchev–Trinajstić information content (AvgIpc) is 2.45. The monoisotopic (exact) mass is 301 g/mol. The van der Waals surface area contributed by atoms with E-state index in [1.807, 2.05) is 31.2 Å².